The number of carbonyl (C=O) groups is 1. The maximum Gasteiger partial charge on any atom is 0.305 e. The lowest BCUT2D eigenvalue weighted by Gasteiger charge is -2.36. The van der Waals surface area contributed by atoms with Gasteiger partial charge in [0.2, 0.25) is 0 Å². The van der Waals surface area contributed by atoms with Crippen molar-refractivity contribution in [2.24, 2.45) is 0 Å². The molecule has 1 aromatic heterocycles. The summed E-state index contributed by atoms with van der Waals surface area (Å²) < 4.78 is 7.72. The minimum Gasteiger partial charge on any atom is -0.489 e. The van der Waals surface area contributed by atoms with E-state index in [-0.39, 0.29) is 17.9 Å². The van der Waals surface area contributed by atoms with Gasteiger partial charge in [-0.15, -0.1) is 0 Å². The molecule has 1 aliphatic carbocycles. The Bertz CT molecular complexity index is 1040. The Balaban J connectivity index is 0.00000149. The third-order valence-electron chi connectivity index (χ3n) is 6.46. The minimum absolute atomic E-state index is 0.0223. The molecule has 0 spiro atoms. The molecule has 2 atom stereocenters. The molecule has 1 N–H and O–H groups in total. The number of aliphatic carboxylic acids is 1. The monoisotopic (exact) mass is 448 g/mol. The van der Waals surface area contributed by atoms with Crippen LogP contribution in [0.15, 0.2) is 60.9 Å². The molecule has 0 saturated heterocycles. The first-order valence-electron chi connectivity index (χ1n) is 11.9. The molecule has 0 amide bonds. The first-order valence-corrected chi connectivity index (χ1v) is 11.9. The lowest BCUT2D eigenvalue weighted by atomic mass is 9.69. The van der Waals surface area contributed by atoms with Crippen molar-refractivity contribution in [2.45, 2.75) is 77.9 Å². The van der Waals surface area contributed by atoms with Crippen LogP contribution in [0.4, 0.5) is 0 Å². The highest BCUT2D eigenvalue weighted by Crippen LogP contribution is 2.42. The van der Waals surface area contributed by atoms with Gasteiger partial charge in [0, 0.05) is 12.4 Å². The second-order valence-corrected chi connectivity index (χ2v) is 9.20. The molecule has 5 nitrogen and oxygen atoms in total. The molecule has 33 heavy (non-hydrogen) atoms. The summed E-state index contributed by atoms with van der Waals surface area (Å²) >= 11 is 0. The van der Waals surface area contributed by atoms with E-state index in [0.29, 0.717) is 12.5 Å². The molecule has 1 heterocycles. The van der Waals surface area contributed by atoms with Gasteiger partial charge in [-0.3, -0.25) is 9.48 Å². The third kappa shape index (κ3) is 5.84. The summed E-state index contributed by atoms with van der Waals surface area (Å²) in [6, 6.07) is 15.8. The van der Waals surface area contributed by atoms with E-state index >= 15 is 0 Å². The number of ether oxygens (including phenoxy) is 1. The van der Waals surface area contributed by atoms with E-state index in [4.69, 9.17) is 4.74 Å². The predicted octanol–water partition coefficient (Wildman–Crippen LogP) is 6.73. The standard InChI is InChI=1S/C26H30N2O3.C2H6/c1-18-11-12-26(2,3)23-10-5-19(15-22(18)23)17-31-21-8-6-20(7-9-21)24(16-25(29)30)28-14-4-13-27-28;1-2/h4-10,13-15,18,24H,11-12,16-17H2,1-3H3,(H,29,30);1-2H3/t18?,24-;/m0./s1. The van der Waals surface area contributed by atoms with Gasteiger partial charge in [0.15, 0.2) is 0 Å². The van der Waals surface area contributed by atoms with Gasteiger partial charge in [0.05, 0.1) is 12.5 Å². The van der Waals surface area contributed by atoms with Gasteiger partial charge in [0.1, 0.15) is 12.4 Å². The number of fused-ring (bicyclic) bond motifs is 1. The fourth-order valence-electron chi connectivity index (χ4n) is 4.54. The number of rotatable bonds is 7. The van der Waals surface area contributed by atoms with E-state index in [1.165, 1.54) is 29.5 Å². The van der Waals surface area contributed by atoms with Gasteiger partial charge in [-0.2, -0.15) is 5.10 Å². The zero-order chi connectivity index (χ0) is 24.0. The number of carboxylic acid groups (broad SMARTS) is 1. The van der Waals surface area contributed by atoms with Gasteiger partial charge >= 0.3 is 5.97 Å². The molecule has 3 aromatic rings. The van der Waals surface area contributed by atoms with Crippen molar-refractivity contribution in [2.75, 3.05) is 0 Å². The molecule has 2 aromatic carbocycles. The molecule has 1 aliphatic rings. The summed E-state index contributed by atoms with van der Waals surface area (Å²) in [6.07, 6.45) is 5.87. The van der Waals surface area contributed by atoms with Crippen molar-refractivity contribution < 1.29 is 14.6 Å². The van der Waals surface area contributed by atoms with Gasteiger partial charge in [0.25, 0.3) is 0 Å². The van der Waals surface area contributed by atoms with Crippen molar-refractivity contribution >= 4 is 5.97 Å². The zero-order valence-corrected chi connectivity index (χ0v) is 20.4. The predicted molar refractivity (Wildman–Crippen MR) is 132 cm³/mol. The van der Waals surface area contributed by atoms with E-state index in [1.807, 2.05) is 38.1 Å². The smallest absolute Gasteiger partial charge is 0.305 e. The van der Waals surface area contributed by atoms with Crippen molar-refractivity contribution in [3.05, 3.63) is 83.2 Å². The average Bonchev–Trinajstić information content (AvgIpc) is 3.35. The summed E-state index contributed by atoms with van der Waals surface area (Å²) in [6.45, 7) is 11.5. The number of benzene rings is 2. The molecule has 1 unspecified atom stereocenters. The maximum atomic E-state index is 11.3. The van der Waals surface area contributed by atoms with Crippen LogP contribution in [0.1, 0.15) is 88.1 Å². The molecular weight excluding hydrogens is 412 g/mol. The van der Waals surface area contributed by atoms with Crippen LogP contribution in [0.2, 0.25) is 0 Å². The van der Waals surface area contributed by atoms with Gasteiger partial charge in [-0.05, 0) is 64.6 Å². The minimum atomic E-state index is -0.856. The van der Waals surface area contributed by atoms with E-state index < -0.39 is 5.97 Å². The Morgan fingerprint density at radius 3 is 2.58 bits per heavy atom. The highest BCUT2D eigenvalue weighted by Gasteiger charge is 2.30. The summed E-state index contributed by atoms with van der Waals surface area (Å²) in [5, 5.41) is 13.5. The molecular formula is C28H36N2O3. The Hall–Kier alpha value is -3.08. The normalized spacial score (nSPS) is 17.3. The first-order chi connectivity index (χ1) is 15.8. The topological polar surface area (TPSA) is 64.3 Å². The molecule has 4 rings (SSSR count). The highest BCUT2D eigenvalue weighted by molar-refractivity contribution is 5.68. The number of hydrogen-bond donors (Lipinski definition) is 1. The summed E-state index contributed by atoms with van der Waals surface area (Å²) in [4.78, 5) is 11.3. The van der Waals surface area contributed by atoms with Crippen molar-refractivity contribution in [1.29, 1.82) is 0 Å². The van der Waals surface area contributed by atoms with Crippen LogP contribution in [0, 0.1) is 0 Å². The molecule has 176 valence electrons. The molecule has 0 bridgehead atoms. The van der Waals surface area contributed by atoms with E-state index in [9.17, 15) is 9.90 Å². The first kappa shape index (κ1) is 24.6. The van der Waals surface area contributed by atoms with Gasteiger partial charge < -0.3 is 9.84 Å². The zero-order valence-electron chi connectivity index (χ0n) is 20.4. The fraction of sp³-hybridized carbons (Fsp3) is 0.429. The van der Waals surface area contributed by atoms with E-state index in [1.54, 1.807) is 23.1 Å². The lowest BCUT2D eigenvalue weighted by molar-refractivity contribution is -0.137. The summed E-state index contributed by atoms with van der Waals surface area (Å²) in [5.74, 6) is 0.491. The SMILES string of the molecule is CC.CC1CCC(C)(C)c2ccc(COc3ccc([C@H](CC(=O)O)n4cccn4)cc3)cc21. The second kappa shape index (κ2) is 10.7. The van der Waals surface area contributed by atoms with Crippen molar-refractivity contribution in [3.8, 4) is 5.75 Å². The number of carboxylic acids is 1. The molecule has 0 radical (unpaired) electrons. The summed E-state index contributed by atoms with van der Waals surface area (Å²) in [5.41, 5.74) is 5.21. The Morgan fingerprint density at radius 1 is 1.21 bits per heavy atom. The maximum absolute atomic E-state index is 11.3. The Labute approximate surface area is 197 Å². The van der Waals surface area contributed by atoms with Crippen LogP contribution in [0.3, 0.4) is 0 Å². The van der Waals surface area contributed by atoms with Crippen LogP contribution >= 0.6 is 0 Å². The molecule has 5 heteroatoms. The molecule has 0 aliphatic heterocycles. The Morgan fingerprint density at radius 2 is 1.94 bits per heavy atom. The lowest BCUT2D eigenvalue weighted by Crippen LogP contribution is -2.25. The van der Waals surface area contributed by atoms with E-state index in [0.717, 1.165) is 11.3 Å². The highest BCUT2D eigenvalue weighted by atomic mass is 16.5. The van der Waals surface area contributed by atoms with Crippen LogP contribution in [-0.4, -0.2) is 20.9 Å². The van der Waals surface area contributed by atoms with Crippen LogP contribution in [0.5, 0.6) is 5.75 Å². The Kier molecular flexibility index (Phi) is 7.96. The fourth-order valence-corrected chi connectivity index (χ4v) is 4.54. The van der Waals surface area contributed by atoms with Gasteiger partial charge in [-0.25, -0.2) is 0 Å². The third-order valence-corrected chi connectivity index (χ3v) is 6.46. The van der Waals surface area contributed by atoms with Crippen molar-refractivity contribution in [1.82, 2.24) is 9.78 Å². The second-order valence-electron chi connectivity index (χ2n) is 9.20. The summed E-state index contributed by atoms with van der Waals surface area (Å²) in [7, 11) is 0. The number of nitrogens with zero attached hydrogens (tertiary/aromatic N) is 2. The van der Waals surface area contributed by atoms with Gasteiger partial charge in [-0.1, -0.05) is 65.0 Å². The number of hydrogen-bond acceptors (Lipinski definition) is 3. The van der Waals surface area contributed by atoms with E-state index in [2.05, 4.69) is 44.1 Å². The largest absolute Gasteiger partial charge is 0.489 e. The quantitative estimate of drug-likeness (QED) is 0.435. The van der Waals surface area contributed by atoms with Crippen LogP contribution in [-0.2, 0) is 16.8 Å². The van der Waals surface area contributed by atoms with Crippen LogP contribution in [0.25, 0.3) is 0 Å². The van der Waals surface area contributed by atoms with Crippen molar-refractivity contribution in [3.63, 3.8) is 0 Å². The molecule has 0 saturated carbocycles. The van der Waals surface area contributed by atoms with Crippen LogP contribution < -0.4 is 4.74 Å². The molecule has 0 fully saturated rings. The average molecular weight is 449 g/mol. The number of aromatic nitrogens is 2.